The second-order valence-corrected chi connectivity index (χ2v) is 4.65. The predicted molar refractivity (Wildman–Crippen MR) is 69.3 cm³/mol. The highest BCUT2D eigenvalue weighted by Crippen LogP contribution is 2.11. The van der Waals surface area contributed by atoms with Gasteiger partial charge in [-0.15, -0.1) is 0 Å². The molecule has 1 heterocycles. The molecule has 1 saturated heterocycles. The first-order valence-electron chi connectivity index (χ1n) is 5.96. The Hall–Kier alpha value is -2.10. The molecule has 0 saturated carbocycles. The number of carbonyl (C=O) groups is 2. The minimum Gasteiger partial charge on any atom is -0.339 e. The van der Waals surface area contributed by atoms with Gasteiger partial charge in [-0.05, 0) is 17.6 Å². The zero-order chi connectivity index (χ0) is 13.1. The van der Waals surface area contributed by atoms with Crippen LogP contribution in [0, 0.1) is 5.92 Å². The molecular formula is C14H16N2O2. The smallest absolute Gasteiger partial charge is 0.268 e. The monoisotopic (exact) mass is 244 g/mol. The van der Waals surface area contributed by atoms with Crippen molar-refractivity contribution in [2.45, 2.75) is 19.9 Å². The third-order valence-electron chi connectivity index (χ3n) is 2.85. The number of piperazine rings is 1. The molecule has 1 aliphatic heterocycles. The Morgan fingerprint density at radius 1 is 1.17 bits per heavy atom. The van der Waals surface area contributed by atoms with E-state index in [1.165, 1.54) is 0 Å². The first-order valence-corrected chi connectivity index (χ1v) is 5.96. The van der Waals surface area contributed by atoms with E-state index in [-0.39, 0.29) is 17.7 Å². The first kappa shape index (κ1) is 12.4. The topological polar surface area (TPSA) is 58.2 Å². The third-order valence-corrected chi connectivity index (χ3v) is 2.85. The lowest BCUT2D eigenvalue weighted by Gasteiger charge is -2.27. The fraction of sp³-hybridized carbons (Fsp3) is 0.286. The third kappa shape index (κ3) is 2.59. The minimum atomic E-state index is -0.453. The van der Waals surface area contributed by atoms with Gasteiger partial charge in [0.2, 0.25) is 5.91 Å². The summed E-state index contributed by atoms with van der Waals surface area (Å²) in [6.45, 7) is 3.80. The van der Waals surface area contributed by atoms with Crippen LogP contribution in [0.3, 0.4) is 0 Å². The Morgan fingerprint density at radius 2 is 1.83 bits per heavy atom. The van der Waals surface area contributed by atoms with E-state index in [2.05, 4.69) is 10.6 Å². The summed E-state index contributed by atoms with van der Waals surface area (Å²) in [5.41, 5.74) is 1.18. The summed E-state index contributed by atoms with van der Waals surface area (Å²) in [6, 6.07) is 8.96. The highest BCUT2D eigenvalue weighted by atomic mass is 16.2. The maximum atomic E-state index is 11.9. The van der Waals surface area contributed by atoms with Gasteiger partial charge >= 0.3 is 0 Å². The van der Waals surface area contributed by atoms with Crippen LogP contribution in [0.15, 0.2) is 36.0 Å². The molecule has 94 valence electrons. The molecule has 1 aliphatic rings. The van der Waals surface area contributed by atoms with Crippen LogP contribution >= 0.6 is 0 Å². The number of rotatable bonds is 2. The molecule has 0 aliphatic carbocycles. The Morgan fingerprint density at radius 3 is 2.44 bits per heavy atom. The fourth-order valence-electron chi connectivity index (χ4n) is 1.84. The molecule has 2 rings (SSSR count). The zero-order valence-corrected chi connectivity index (χ0v) is 10.4. The van der Waals surface area contributed by atoms with E-state index >= 15 is 0 Å². The fourth-order valence-corrected chi connectivity index (χ4v) is 1.84. The second-order valence-electron chi connectivity index (χ2n) is 4.65. The number of amides is 2. The molecule has 1 aromatic rings. The highest BCUT2D eigenvalue weighted by Gasteiger charge is 2.31. The highest BCUT2D eigenvalue weighted by molar-refractivity contribution is 6.07. The molecule has 1 aromatic carbocycles. The second kappa shape index (κ2) is 5.04. The van der Waals surface area contributed by atoms with Crippen LogP contribution < -0.4 is 10.6 Å². The van der Waals surface area contributed by atoms with Gasteiger partial charge in [0, 0.05) is 0 Å². The van der Waals surface area contributed by atoms with Crippen LogP contribution in [0.1, 0.15) is 19.4 Å². The maximum Gasteiger partial charge on any atom is 0.268 e. The molecule has 0 unspecified atom stereocenters. The van der Waals surface area contributed by atoms with Crippen molar-refractivity contribution in [2.75, 3.05) is 0 Å². The van der Waals surface area contributed by atoms with Gasteiger partial charge < -0.3 is 10.6 Å². The molecule has 0 aromatic heterocycles. The van der Waals surface area contributed by atoms with Crippen molar-refractivity contribution in [3.8, 4) is 0 Å². The van der Waals surface area contributed by atoms with Crippen molar-refractivity contribution in [3.05, 3.63) is 41.6 Å². The average Bonchev–Trinajstić information content (AvgIpc) is 2.34. The molecule has 4 nitrogen and oxygen atoms in total. The van der Waals surface area contributed by atoms with E-state index in [4.69, 9.17) is 0 Å². The molecule has 0 radical (unpaired) electrons. The Bertz CT molecular complexity index is 492. The van der Waals surface area contributed by atoms with Gasteiger partial charge in [0.1, 0.15) is 11.7 Å². The minimum absolute atomic E-state index is 0.0761. The van der Waals surface area contributed by atoms with Gasteiger partial charge in [-0.2, -0.15) is 0 Å². The van der Waals surface area contributed by atoms with Crippen LogP contribution in [0.2, 0.25) is 0 Å². The lowest BCUT2D eigenvalue weighted by Crippen LogP contribution is -2.56. The van der Waals surface area contributed by atoms with Crippen LogP contribution in [0.25, 0.3) is 6.08 Å². The van der Waals surface area contributed by atoms with Gasteiger partial charge in [-0.25, -0.2) is 0 Å². The molecule has 2 amide bonds. The molecule has 0 spiro atoms. The summed E-state index contributed by atoms with van der Waals surface area (Å²) < 4.78 is 0. The summed E-state index contributed by atoms with van der Waals surface area (Å²) >= 11 is 0. The molecule has 18 heavy (non-hydrogen) atoms. The van der Waals surface area contributed by atoms with Crippen LogP contribution in [0.5, 0.6) is 0 Å². The summed E-state index contributed by atoms with van der Waals surface area (Å²) in [5, 5.41) is 5.37. The van der Waals surface area contributed by atoms with Crippen molar-refractivity contribution < 1.29 is 9.59 Å². The van der Waals surface area contributed by atoms with Crippen molar-refractivity contribution in [1.29, 1.82) is 0 Å². The Balaban J connectivity index is 2.20. The number of carbonyl (C=O) groups excluding carboxylic acids is 2. The van der Waals surface area contributed by atoms with Gasteiger partial charge in [0.25, 0.3) is 5.91 Å². The van der Waals surface area contributed by atoms with Crippen molar-refractivity contribution in [3.63, 3.8) is 0 Å². The van der Waals surface area contributed by atoms with Gasteiger partial charge in [-0.1, -0.05) is 44.2 Å². The standard InChI is InChI=1S/C14H16N2O2/c1-9(2)12-14(18)15-11(13(17)16-12)8-10-6-4-3-5-7-10/h3-9,12H,1-2H3,(H,15,18)(H,16,17)/b11-8-/t12-/m0/s1. The predicted octanol–water partition coefficient (Wildman–Crippen LogP) is 1.30. The number of nitrogens with one attached hydrogen (secondary N) is 2. The Kier molecular flexibility index (Phi) is 3.46. The normalized spacial score (nSPS) is 21.9. The summed E-state index contributed by atoms with van der Waals surface area (Å²) in [5.74, 6) is -0.323. The summed E-state index contributed by atoms with van der Waals surface area (Å²) in [6.07, 6.45) is 1.67. The molecule has 1 fully saturated rings. The van der Waals surface area contributed by atoms with Crippen molar-refractivity contribution in [2.24, 2.45) is 5.92 Å². The SMILES string of the molecule is CC(C)[C@@H]1NC(=O)/C(=C/c2ccccc2)NC1=O. The zero-order valence-electron chi connectivity index (χ0n) is 10.4. The number of hydrogen-bond acceptors (Lipinski definition) is 2. The van der Waals surface area contributed by atoms with Gasteiger partial charge in [0.15, 0.2) is 0 Å². The van der Waals surface area contributed by atoms with Crippen molar-refractivity contribution in [1.82, 2.24) is 10.6 Å². The maximum absolute atomic E-state index is 11.9. The lowest BCUT2D eigenvalue weighted by molar-refractivity contribution is -0.132. The van der Waals surface area contributed by atoms with Gasteiger partial charge in [0.05, 0.1) is 0 Å². The quantitative estimate of drug-likeness (QED) is 0.770. The molecular weight excluding hydrogens is 228 g/mol. The molecule has 1 atom stereocenters. The number of hydrogen-bond donors (Lipinski definition) is 2. The first-order chi connectivity index (χ1) is 8.58. The van der Waals surface area contributed by atoms with Crippen LogP contribution in [-0.2, 0) is 9.59 Å². The van der Waals surface area contributed by atoms with Crippen molar-refractivity contribution >= 4 is 17.9 Å². The van der Waals surface area contributed by atoms with E-state index in [9.17, 15) is 9.59 Å². The lowest BCUT2D eigenvalue weighted by atomic mass is 10.0. The van der Waals surface area contributed by atoms with Crippen LogP contribution in [0.4, 0.5) is 0 Å². The van der Waals surface area contributed by atoms with E-state index < -0.39 is 6.04 Å². The van der Waals surface area contributed by atoms with Crippen LogP contribution in [-0.4, -0.2) is 17.9 Å². The summed E-state index contributed by atoms with van der Waals surface area (Å²) in [7, 11) is 0. The van der Waals surface area contributed by atoms with E-state index in [1.54, 1.807) is 6.08 Å². The van der Waals surface area contributed by atoms with E-state index in [0.717, 1.165) is 5.56 Å². The summed E-state index contributed by atoms with van der Waals surface area (Å²) in [4.78, 5) is 23.7. The van der Waals surface area contributed by atoms with E-state index in [1.807, 2.05) is 44.2 Å². The Labute approximate surface area is 106 Å². The molecule has 2 N–H and O–H groups in total. The average molecular weight is 244 g/mol. The van der Waals surface area contributed by atoms with Gasteiger partial charge in [-0.3, -0.25) is 9.59 Å². The molecule has 0 bridgehead atoms. The molecule has 4 heteroatoms. The van der Waals surface area contributed by atoms with E-state index in [0.29, 0.717) is 5.70 Å². The largest absolute Gasteiger partial charge is 0.339 e. The number of benzene rings is 1.